The van der Waals surface area contributed by atoms with Crippen LogP contribution in [-0.2, 0) is 0 Å². The number of hydrogen-bond acceptors (Lipinski definition) is 2. The predicted molar refractivity (Wildman–Crippen MR) is 71.2 cm³/mol. The summed E-state index contributed by atoms with van der Waals surface area (Å²) in [7, 11) is 0. The Hall–Kier alpha value is -1.61. The highest BCUT2D eigenvalue weighted by atomic mass is 79.9. The number of benzene rings is 2. The van der Waals surface area contributed by atoms with Crippen LogP contribution in [-0.4, -0.2) is 4.98 Å². The van der Waals surface area contributed by atoms with E-state index >= 15 is 0 Å². The van der Waals surface area contributed by atoms with Gasteiger partial charge in [-0.1, -0.05) is 58.4 Å². The number of para-hydroxylation sites is 1. The lowest BCUT2D eigenvalue weighted by Crippen LogP contribution is -1.93. The van der Waals surface area contributed by atoms with E-state index in [4.69, 9.17) is 4.42 Å². The lowest BCUT2D eigenvalue weighted by atomic mass is 10.0. The molecule has 0 radical (unpaired) electrons. The van der Waals surface area contributed by atoms with Gasteiger partial charge in [-0.3, -0.25) is 0 Å². The summed E-state index contributed by atoms with van der Waals surface area (Å²) in [6, 6.07) is 16.3. The Labute approximate surface area is 107 Å². The van der Waals surface area contributed by atoms with Crippen LogP contribution in [0.3, 0.4) is 0 Å². The first-order valence-electron chi connectivity index (χ1n) is 5.37. The molecule has 0 fully saturated rings. The lowest BCUT2D eigenvalue weighted by molar-refractivity contribution is 0.602. The minimum atomic E-state index is 0.137. The summed E-state index contributed by atoms with van der Waals surface area (Å²) in [5, 5.41) is 0. The molecule has 0 saturated heterocycles. The van der Waals surface area contributed by atoms with Gasteiger partial charge in [-0.2, -0.15) is 0 Å². The summed E-state index contributed by atoms with van der Waals surface area (Å²) in [5.74, 6) is 0. The fourth-order valence-corrected chi connectivity index (χ4v) is 2.59. The maximum Gasteiger partial charge on any atom is 0.181 e. The molecule has 17 heavy (non-hydrogen) atoms. The van der Waals surface area contributed by atoms with Crippen LogP contribution in [0.4, 0.5) is 0 Å². The average molecular weight is 288 g/mol. The third-order valence-corrected chi connectivity index (χ3v) is 3.78. The van der Waals surface area contributed by atoms with Gasteiger partial charge in [0, 0.05) is 0 Å². The Morgan fingerprint density at radius 3 is 2.65 bits per heavy atom. The van der Waals surface area contributed by atoms with Gasteiger partial charge in [0.1, 0.15) is 5.52 Å². The van der Waals surface area contributed by atoms with E-state index in [0.29, 0.717) is 0 Å². The molecule has 0 bridgehead atoms. The molecule has 0 aliphatic heterocycles. The van der Waals surface area contributed by atoms with E-state index in [1.54, 1.807) is 0 Å². The standard InChI is InChI=1S/C14H10BrNO/c15-13(10-5-2-1-3-6-10)11-7-4-8-12-14(11)16-9-17-12/h1-9,13H. The molecule has 3 aromatic rings. The minimum absolute atomic E-state index is 0.137. The number of halogens is 1. The van der Waals surface area contributed by atoms with Gasteiger partial charge in [-0.25, -0.2) is 4.98 Å². The highest BCUT2D eigenvalue weighted by molar-refractivity contribution is 9.09. The summed E-state index contributed by atoms with van der Waals surface area (Å²) < 4.78 is 5.31. The van der Waals surface area contributed by atoms with Crippen molar-refractivity contribution in [2.24, 2.45) is 0 Å². The quantitative estimate of drug-likeness (QED) is 0.657. The van der Waals surface area contributed by atoms with E-state index in [9.17, 15) is 0 Å². The van der Waals surface area contributed by atoms with Crippen LogP contribution in [0.2, 0.25) is 0 Å². The van der Waals surface area contributed by atoms with Crippen molar-refractivity contribution in [3.05, 3.63) is 66.1 Å². The lowest BCUT2D eigenvalue weighted by Gasteiger charge is -2.10. The van der Waals surface area contributed by atoms with E-state index in [1.807, 2.05) is 30.3 Å². The zero-order chi connectivity index (χ0) is 11.7. The molecule has 84 valence electrons. The fraction of sp³-hybridized carbons (Fsp3) is 0.0714. The normalized spacial score (nSPS) is 12.8. The number of hydrogen-bond donors (Lipinski definition) is 0. The molecule has 1 unspecified atom stereocenters. The topological polar surface area (TPSA) is 26.0 Å². The molecular formula is C14H10BrNO. The van der Waals surface area contributed by atoms with Crippen LogP contribution >= 0.6 is 15.9 Å². The number of rotatable bonds is 2. The second kappa shape index (κ2) is 4.34. The molecule has 2 aromatic carbocycles. The van der Waals surface area contributed by atoms with E-state index < -0.39 is 0 Å². The zero-order valence-corrected chi connectivity index (χ0v) is 10.6. The maximum atomic E-state index is 5.31. The van der Waals surface area contributed by atoms with Crippen molar-refractivity contribution in [3.63, 3.8) is 0 Å². The van der Waals surface area contributed by atoms with E-state index in [1.165, 1.54) is 12.0 Å². The summed E-state index contributed by atoms with van der Waals surface area (Å²) >= 11 is 3.72. The Balaban J connectivity index is 2.13. The van der Waals surface area contributed by atoms with Crippen LogP contribution in [0.1, 0.15) is 16.0 Å². The second-order valence-electron chi connectivity index (χ2n) is 3.82. The summed E-state index contributed by atoms with van der Waals surface area (Å²) in [6.07, 6.45) is 1.48. The van der Waals surface area contributed by atoms with Gasteiger partial charge < -0.3 is 4.42 Å². The first-order chi connectivity index (χ1) is 8.36. The molecule has 2 nitrogen and oxygen atoms in total. The van der Waals surface area contributed by atoms with Crippen LogP contribution in [0.15, 0.2) is 59.3 Å². The molecule has 1 atom stereocenters. The van der Waals surface area contributed by atoms with Gasteiger partial charge in [0.25, 0.3) is 0 Å². The van der Waals surface area contributed by atoms with Crippen molar-refractivity contribution in [3.8, 4) is 0 Å². The molecule has 0 amide bonds. The Bertz CT molecular complexity index is 633. The molecular weight excluding hydrogens is 278 g/mol. The molecule has 1 aromatic heterocycles. The number of fused-ring (bicyclic) bond motifs is 1. The van der Waals surface area contributed by atoms with Gasteiger partial charge in [-0.15, -0.1) is 0 Å². The molecule has 0 spiro atoms. The highest BCUT2D eigenvalue weighted by Gasteiger charge is 2.14. The predicted octanol–water partition coefficient (Wildman–Crippen LogP) is 4.31. The zero-order valence-electron chi connectivity index (χ0n) is 9.01. The van der Waals surface area contributed by atoms with Crippen molar-refractivity contribution >= 4 is 27.0 Å². The molecule has 1 heterocycles. The van der Waals surface area contributed by atoms with E-state index in [-0.39, 0.29) is 4.83 Å². The Morgan fingerprint density at radius 2 is 1.82 bits per heavy atom. The van der Waals surface area contributed by atoms with E-state index in [0.717, 1.165) is 16.7 Å². The highest BCUT2D eigenvalue weighted by Crippen LogP contribution is 2.34. The summed E-state index contributed by atoms with van der Waals surface area (Å²) in [5.41, 5.74) is 4.08. The minimum Gasteiger partial charge on any atom is -0.443 e. The third kappa shape index (κ3) is 1.87. The van der Waals surface area contributed by atoms with Crippen molar-refractivity contribution < 1.29 is 4.42 Å². The SMILES string of the molecule is BrC(c1ccccc1)c1cccc2ocnc12. The second-order valence-corrected chi connectivity index (χ2v) is 4.74. The van der Waals surface area contributed by atoms with Crippen molar-refractivity contribution in [2.45, 2.75) is 4.83 Å². The smallest absolute Gasteiger partial charge is 0.181 e. The van der Waals surface area contributed by atoms with Crippen molar-refractivity contribution in [1.82, 2.24) is 4.98 Å². The molecule has 3 heteroatoms. The monoisotopic (exact) mass is 287 g/mol. The molecule has 0 aliphatic carbocycles. The number of alkyl halides is 1. The van der Waals surface area contributed by atoms with Crippen LogP contribution in [0, 0.1) is 0 Å². The number of oxazole rings is 1. The largest absolute Gasteiger partial charge is 0.443 e. The van der Waals surface area contributed by atoms with Gasteiger partial charge >= 0.3 is 0 Å². The summed E-state index contributed by atoms with van der Waals surface area (Å²) in [4.78, 5) is 4.41. The Kier molecular flexibility index (Phi) is 2.69. The molecule has 3 rings (SSSR count). The average Bonchev–Trinajstić information content (AvgIpc) is 2.87. The van der Waals surface area contributed by atoms with Crippen LogP contribution in [0.25, 0.3) is 11.1 Å². The van der Waals surface area contributed by atoms with Gasteiger partial charge in [0.15, 0.2) is 12.0 Å². The maximum absolute atomic E-state index is 5.31. The third-order valence-electron chi connectivity index (χ3n) is 2.76. The summed E-state index contributed by atoms with van der Waals surface area (Å²) in [6.45, 7) is 0. The van der Waals surface area contributed by atoms with E-state index in [2.05, 4.69) is 39.1 Å². The van der Waals surface area contributed by atoms with Gasteiger partial charge in [0.2, 0.25) is 0 Å². The molecule has 0 aliphatic rings. The van der Waals surface area contributed by atoms with Crippen molar-refractivity contribution in [2.75, 3.05) is 0 Å². The number of nitrogens with zero attached hydrogens (tertiary/aromatic N) is 1. The van der Waals surface area contributed by atoms with Crippen LogP contribution in [0.5, 0.6) is 0 Å². The van der Waals surface area contributed by atoms with Crippen molar-refractivity contribution in [1.29, 1.82) is 0 Å². The first-order valence-corrected chi connectivity index (χ1v) is 6.29. The first kappa shape index (κ1) is 10.5. The van der Waals surface area contributed by atoms with Gasteiger partial charge in [0.05, 0.1) is 4.83 Å². The molecule has 0 N–H and O–H groups in total. The van der Waals surface area contributed by atoms with Crippen LogP contribution < -0.4 is 0 Å². The van der Waals surface area contributed by atoms with Gasteiger partial charge in [-0.05, 0) is 17.2 Å². The molecule has 0 saturated carbocycles. The number of aromatic nitrogens is 1. The fourth-order valence-electron chi connectivity index (χ4n) is 1.91. The Morgan fingerprint density at radius 1 is 1.00 bits per heavy atom.